The van der Waals surface area contributed by atoms with Gasteiger partial charge in [0, 0.05) is 19.4 Å². The van der Waals surface area contributed by atoms with Gasteiger partial charge in [-0.15, -0.1) is 0 Å². The van der Waals surface area contributed by atoms with Gasteiger partial charge in [0.2, 0.25) is 0 Å². The van der Waals surface area contributed by atoms with Gasteiger partial charge < -0.3 is 14.2 Å². The molecule has 0 rings (SSSR count). The minimum atomic E-state index is -0.574. The summed E-state index contributed by atoms with van der Waals surface area (Å²) >= 11 is 0. The summed E-state index contributed by atoms with van der Waals surface area (Å²) < 4.78 is 17.5. The summed E-state index contributed by atoms with van der Waals surface area (Å²) in [5.74, 6) is -0.444. The Morgan fingerprint density at radius 1 is 0.311 bits per heavy atom. The van der Waals surface area contributed by atoms with E-state index in [1.54, 1.807) is 0 Å². The van der Waals surface area contributed by atoms with E-state index in [0.717, 1.165) is 135 Å². The van der Waals surface area contributed by atoms with E-state index < -0.39 is 6.10 Å². The van der Waals surface area contributed by atoms with E-state index in [2.05, 4.69) is 154 Å². The molecule has 0 amide bonds. The highest BCUT2D eigenvalue weighted by molar-refractivity contribution is 5.70. The molecular formula is C69H114O5. The summed E-state index contributed by atoms with van der Waals surface area (Å²) in [6.07, 6.45) is 90.4. The van der Waals surface area contributed by atoms with Gasteiger partial charge in [-0.1, -0.05) is 244 Å². The number of ether oxygens (including phenoxy) is 3. The van der Waals surface area contributed by atoms with Crippen LogP contribution in [0.3, 0.4) is 0 Å². The maximum Gasteiger partial charge on any atom is 0.306 e. The van der Waals surface area contributed by atoms with Crippen molar-refractivity contribution < 1.29 is 23.8 Å². The molecule has 0 aromatic heterocycles. The zero-order valence-electron chi connectivity index (χ0n) is 48.3. The average Bonchev–Trinajstić information content (AvgIpc) is 3.40. The van der Waals surface area contributed by atoms with Gasteiger partial charge in [-0.05, 0) is 141 Å². The first kappa shape index (κ1) is 70.0. The number of hydrogen-bond acceptors (Lipinski definition) is 5. The van der Waals surface area contributed by atoms with Crippen molar-refractivity contribution in [2.24, 2.45) is 0 Å². The van der Waals surface area contributed by atoms with Gasteiger partial charge in [-0.3, -0.25) is 9.59 Å². The second-order valence-corrected chi connectivity index (χ2v) is 19.9. The Balaban J connectivity index is 4.43. The molecule has 0 saturated heterocycles. The molecule has 0 aliphatic heterocycles. The fraction of sp³-hybridized carbons (Fsp3) is 0.652. The van der Waals surface area contributed by atoms with Gasteiger partial charge in [0.15, 0.2) is 6.10 Å². The summed E-state index contributed by atoms with van der Waals surface area (Å²) in [5, 5.41) is 0. The van der Waals surface area contributed by atoms with Crippen LogP contribution in [0.2, 0.25) is 0 Å². The summed E-state index contributed by atoms with van der Waals surface area (Å²) in [7, 11) is 0. The molecule has 5 heteroatoms. The largest absolute Gasteiger partial charge is 0.462 e. The first-order valence-electron chi connectivity index (χ1n) is 30.7. The van der Waals surface area contributed by atoms with Crippen molar-refractivity contribution in [2.45, 2.75) is 271 Å². The Morgan fingerprint density at radius 3 is 0.973 bits per heavy atom. The highest BCUT2D eigenvalue weighted by Crippen LogP contribution is 2.13. The number of unbranched alkanes of at least 4 members (excludes halogenated alkanes) is 22. The summed E-state index contributed by atoms with van der Waals surface area (Å²) in [6.45, 7) is 7.58. The molecule has 1 atom stereocenters. The van der Waals surface area contributed by atoms with E-state index in [0.29, 0.717) is 19.4 Å². The van der Waals surface area contributed by atoms with Crippen molar-refractivity contribution >= 4 is 11.9 Å². The second kappa shape index (κ2) is 63.3. The third kappa shape index (κ3) is 60.6. The van der Waals surface area contributed by atoms with E-state index >= 15 is 0 Å². The molecule has 0 bridgehead atoms. The van der Waals surface area contributed by atoms with Crippen LogP contribution >= 0.6 is 0 Å². The Kier molecular flexibility index (Phi) is 59.9. The number of carbonyl (C=O) groups is 2. The molecule has 0 aromatic rings. The number of esters is 2. The summed E-state index contributed by atoms with van der Waals surface area (Å²) in [5.41, 5.74) is 0. The highest BCUT2D eigenvalue weighted by atomic mass is 16.6. The summed E-state index contributed by atoms with van der Waals surface area (Å²) in [4.78, 5) is 25.6. The quantitative estimate of drug-likeness (QED) is 0.0345. The van der Waals surface area contributed by atoms with E-state index in [4.69, 9.17) is 14.2 Å². The summed E-state index contributed by atoms with van der Waals surface area (Å²) in [6, 6.07) is 0. The molecule has 0 spiro atoms. The van der Waals surface area contributed by atoms with Crippen molar-refractivity contribution in [1.82, 2.24) is 0 Å². The van der Waals surface area contributed by atoms with Crippen LogP contribution in [0, 0.1) is 0 Å². The zero-order valence-corrected chi connectivity index (χ0v) is 48.3. The van der Waals surface area contributed by atoms with E-state index in [1.807, 2.05) is 0 Å². The van der Waals surface area contributed by atoms with E-state index in [-0.39, 0.29) is 25.2 Å². The van der Waals surface area contributed by atoms with Crippen LogP contribution in [0.4, 0.5) is 0 Å². The molecule has 1 unspecified atom stereocenters. The van der Waals surface area contributed by atoms with Gasteiger partial charge in [0.05, 0.1) is 6.61 Å². The molecule has 0 N–H and O–H groups in total. The lowest BCUT2D eigenvalue weighted by Gasteiger charge is -2.18. The van der Waals surface area contributed by atoms with Crippen LogP contribution in [-0.2, 0) is 23.8 Å². The molecule has 0 heterocycles. The van der Waals surface area contributed by atoms with Crippen molar-refractivity contribution in [2.75, 3.05) is 19.8 Å². The zero-order chi connectivity index (χ0) is 53.4. The first-order valence-corrected chi connectivity index (χ1v) is 30.7. The lowest BCUT2D eigenvalue weighted by atomic mass is 10.1. The minimum Gasteiger partial charge on any atom is -0.462 e. The van der Waals surface area contributed by atoms with Gasteiger partial charge in [0.1, 0.15) is 6.61 Å². The molecule has 0 radical (unpaired) electrons. The van der Waals surface area contributed by atoms with Crippen molar-refractivity contribution in [1.29, 1.82) is 0 Å². The van der Waals surface area contributed by atoms with Crippen LogP contribution in [0.5, 0.6) is 0 Å². The molecule has 420 valence electrons. The van der Waals surface area contributed by atoms with Gasteiger partial charge >= 0.3 is 11.9 Å². The van der Waals surface area contributed by atoms with E-state index in [9.17, 15) is 9.59 Å². The van der Waals surface area contributed by atoms with Crippen molar-refractivity contribution in [3.05, 3.63) is 134 Å². The van der Waals surface area contributed by atoms with Gasteiger partial charge in [-0.2, -0.15) is 0 Å². The first-order chi connectivity index (χ1) is 36.6. The average molecular weight is 1020 g/mol. The molecular weight excluding hydrogens is 909 g/mol. The number of carbonyl (C=O) groups excluding carboxylic acids is 2. The standard InChI is InChI=1S/C69H114O5/c1-4-7-10-13-16-19-22-25-28-31-34-37-40-43-46-49-52-55-58-61-64-72-65-67(74-69(71)63-60-57-54-51-48-45-42-39-36-33-30-27-24-21-18-15-12-9-6-3)66-73-68(70)62-59-56-53-50-47-44-41-38-35-32-29-26-23-20-17-14-11-8-5-2/h7,10,16-21,25-30,34-39,43,46,67H,4-6,8-9,11-15,22-24,31-33,40-42,44-45,47-66H2,1-3H3/b10-7-,19-16-,20-17-,21-18-,28-25-,29-26-,30-27-,37-34-,38-35-,39-36-,46-43-. The Morgan fingerprint density at radius 2 is 0.608 bits per heavy atom. The number of allylic oxidation sites excluding steroid dienone is 22. The van der Waals surface area contributed by atoms with Crippen LogP contribution in [0.25, 0.3) is 0 Å². The predicted molar refractivity (Wildman–Crippen MR) is 325 cm³/mol. The molecule has 0 aliphatic carbocycles. The van der Waals surface area contributed by atoms with Crippen molar-refractivity contribution in [3.8, 4) is 0 Å². The lowest BCUT2D eigenvalue weighted by molar-refractivity contribution is -0.163. The van der Waals surface area contributed by atoms with Gasteiger partial charge in [-0.25, -0.2) is 0 Å². The topological polar surface area (TPSA) is 61.8 Å². The predicted octanol–water partition coefficient (Wildman–Crippen LogP) is 21.5. The monoisotopic (exact) mass is 1020 g/mol. The highest BCUT2D eigenvalue weighted by Gasteiger charge is 2.17. The molecule has 0 aromatic carbocycles. The molecule has 5 nitrogen and oxygen atoms in total. The fourth-order valence-electron chi connectivity index (χ4n) is 8.08. The third-order valence-electron chi connectivity index (χ3n) is 12.6. The minimum absolute atomic E-state index is 0.0541. The lowest BCUT2D eigenvalue weighted by Crippen LogP contribution is -2.30. The molecule has 0 saturated carbocycles. The van der Waals surface area contributed by atoms with Crippen molar-refractivity contribution in [3.63, 3.8) is 0 Å². The smallest absolute Gasteiger partial charge is 0.306 e. The second-order valence-electron chi connectivity index (χ2n) is 19.9. The Bertz CT molecular complexity index is 1530. The number of hydrogen-bond donors (Lipinski definition) is 0. The third-order valence-corrected chi connectivity index (χ3v) is 12.6. The Labute approximate surface area is 458 Å². The number of rotatable bonds is 55. The fourth-order valence-corrected chi connectivity index (χ4v) is 8.08. The Hall–Kier alpha value is -3.96. The SMILES string of the molecule is CC/C=C\C/C=C\C/C=C\C/C=C\C/C=C\CCCCCCOCC(COC(=O)CCCCCCCC/C=C\C/C=C\C/C=C\CCCCC)OC(=O)CCCCCCCC/C=C\C/C=C\C/C=C\CCCCC. The molecule has 74 heavy (non-hydrogen) atoms. The van der Waals surface area contributed by atoms with Crippen LogP contribution in [0.1, 0.15) is 265 Å². The maximum absolute atomic E-state index is 12.9. The van der Waals surface area contributed by atoms with Crippen LogP contribution in [-0.4, -0.2) is 37.9 Å². The normalized spacial score (nSPS) is 13.2. The van der Waals surface area contributed by atoms with Crippen LogP contribution < -0.4 is 0 Å². The molecule has 0 aliphatic rings. The van der Waals surface area contributed by atoms with E-state index in [1.165, 1.54) is 96.3 Å². The van der Waals surface area contributed by atoms with Gasteiger partial charge in [0.25, 0.3) is 0 Å². The maximum atomic E-state index is 12.9. The van der Waals surface area contributed by atoms with Crippen LogP contribution in [0.15, 0.2) is 134 Å². The molecule has 0 fully saturated rings.